The van der Waals surface area contributed by atoms with Crippen molar-refractivity contribution >= 4 is 0 Å². The maximum atomic E-state index is 10.3. The van der Waals surface area contributed by atoms with Crippen molar-refractivity contribution in [2.24, 2.45) is 0 Å². The smallest absolute Gasteiger partial charge is 0.186 e. The lowest BCUT2D eigenvalue weighted by molar-refractivity contribution is -0.255. The van der Waals surface area contributed by atoms with Crippen LogP contribution in [0.5, 0.6) is 0 Å². The molecule has 1 aromatic carbocycles. The minimum absolute atomic E-state index is 0.239. The lowest BCUT2D eigenvalue weighted by Crippen LogP contribution is -2.52. The Balaban J connectivity index is 1.59. The van der Waals surface area contributed by atoms with E-state index in [0.717, 1.165) is 5.56 Å². The number of benzene rings is 1. The van der Waals surface area contributed by atoms with Crippen molar-refractivity contribution in [2.45, 2.75) is 50.8 Å². The topological polar surface area (TPSA) is 57.2 Å². The minimum Gasteiger partial charge on any atom is -0.385 e. The van der Waals surface area contributed by atoms with Gasteiger partial charge in [0.2, 0.25) is 0 Å². The van der Waals surface area contributed by atoms with Crippen molar-refractivity contribution in [3.05, 3.63) is 35.9 Å². The van der Waals surface area contributed by atoms with Crippen LogP contribution in [0.3, 0.4) is 0 Å². The second kappa shape index (κ2) is 5.42. The molecule has 2 fully saturated rings. The van der Waals surface area contributed by atoms with Crippen molar-refractivity contribution in [1.82, 2.24) is 0 Å². The zero-order valence-electron chi connectivity index (χ0n) is 11.7. The Morgan fingerprint density at radius 3 is 2.75 bits per heavy atom. The first-order valence-corrected chi connectivity index (χ1v) is 6.86. The molecule has 2 aliphatic rings. The van der Waals surface area contributed by atoms with Gasteiger partial charge >= 0.3 is 0 Å². The van der Waals surface area contributed by atoms with Crippen molar-refractivity contribution < 1.29 is 24.1 Å². The van der Waals surface area contributed by atoms with Gasteiger partial charge in [0.15, 0.2) is 12.1 Å². The van der Waals surface area contributed by atoms with Crippen molar-refractivity contribution in [3.8, 4) is 0 Å². The molecule has 3 rings (SSSR count). The van der Waals surface area contributed by atoms with Gasteiger partial charge in [0.05, 0.1) is 13.2 Å². The molecule has 5 nitrogen and oxygen atoms in total. The van der Waals surface area contributed by atoms with Gasteiger partial charge in [-0.25, -0.2) is 0 Å². The molecule has 110 valence electrons. The summed E-state index contributed by atoms with van der Waals surface area (Å²) >= 11 is 0. The van der Waals surface area contributed by atoms with Crippen LogP contribution < -0.4 is 0 Å². The number of hydrogen-bond acceptors (Lipinski definition) is 5. The van der Waals surface area contributed by atoms with Crippen molar-refractivity contribution in [1.29, 1.82) is 0 Å². The van der Waals surface area contributed by atoms with E-state index in [1.165, 1.54) is 0 Å². The maximum absolute atomic E-state index is 10.3. The predicted octanol–water partition coefficient (Wildman–Crippen LogP) is 1.44. The molecule has 0 bridgehead atoms. The highest BCUT2D eigenvalue weighted by Crippen LogP contribution is 2.34. The third-order valence-electron chi connectivity index (χ3n) is 3.52. The van der Waals surface area contributed by atoms with Gasteiger partial charge in [-0.15, -0.1) is 0 Å². The van der Waals surface area contributed by atoms with Crippen LogP contribution in [0, 0.1) is 0 Å². The number of ether oxygens (including phenoxy) is 4. The van der Waals surface area contributed by atoms with Crippen LogP contribution in [0.15, 0.2) is 30.3 Å². The van der Waals surface area contributed by atoms with E-state index in [1.807, 2.05) is 44.2 Å². The van der Waals surface area contributed by atoms with Gasteiger partial charge in [-0.1, -0.05) is 30.3 Å². The Morgan fingerprint density at radius 1 is 1.25 bits per heavy atom. The van der Waals surface area contributed by atoms with Crippen LogP contribution in [0.4, 0.5) is 0 Å². The van der Waals surface area contributed by atoms with Crippen molar-refractivity contribution in [2.75, 3.05) is 6.61 Å². The largest absolute Gasteiger partial charge is 0.385 e. The molecule has 1 N–H and O–H groups in total. The van der Waals surface area contributed by atoms with E-state index in [0.29, 0.717) is 13.2 Å². The van der Waals surface area contributed by atoms with Crippen LogP contribution in [0.25, 0.3) is 0 Å². The highest BCUT2D eigenvalue weighted by Gasteiger charge is 2.50. The summed E-state index contributed by atoms with van der Waals surface area (Å²) in [6, 6.07) is 9.78. The summed E-state index contributed by atoms with van der Waals surface area (Å²) < 4.78 is 22.6. The van der Waals surface area contributed by atoms with Crippen LogP contribution in [-0.4, -0.2) is 42.1 Å². The van der Waals surface area contributed by atoms with Crippen LogP contribution in [0.2, 0.25) is 0 Å². The molecule has 20 heavy (non-hydrogen) atoms. The SMILES string of the molecule is CC1(C)O[C@@H]2[C@H](O)[C@@H](OCc3ccccc3)OC[C@@H]2O1. The zero-order chi connectivity index (χ0) is 14.2. The average Bonchev–Trinajstić information content (AvgIpc) is 2.75. The monoisotopic (exact) mass is 280 g/mol. The zero-order valence-corrected chi connectivity index (χ0v) is 11.7. The summed E-state index contributed by atoms with van der Waals surface area (Å²) in [5.74, 6) is -0.687. The quantitative estimate of drug-likeness (QED) is 0.908. The minimum atomic E-state index is -0.848. The van der Waals surface area contributed by atoms with Gasteiger partial charge in [-0.3, -0.25) is 0 Å². The summed E-state index contributed by atoms with van der Waals surface area (Å²) in [6.07, 6.45) is -2.18. The Morgan fingerprint density at radius 2 is 2.00 bits per heavy atom. The Hall–Kier alpha value is -0.980. The Labute approximate surface area is 118 Å². The molecule has 4 atom stereocenters. The van der Waals surface area contributed by atoms with Gasteiger partial charge in [-0.2, -0.15) is 0 Å². The molecule has 2 heterocycles. The molecule has 0 radical (unpaired) electrons. The molecular weight excluding hydrogens is 260 g/mol. The average molecular weight is 280 g/mol. The summed E-state index contributed by atoms with van der Waals surface area (Å²) in [5.41, 5.74) is 1.04. The third-order valence-corrected chi connectivity index (χ3v) is 3.52. The normalized spacial score (nSPS) is 35.8. The van der Waals surface area contributed by atoms with E-state index in [9.17, 15) is 5.11 Å². The van der Waals surface area contributed by atoms with Gasteiger partial charge in [0.1, 0.15) is 18.3 Å². The molecule has 1 aromatic rings. The summed E-state index contributed by atoms with van der Waals surface area (Å²) in [5, 5.41) is 10.3. The molecular formula is C15H20O5. The summed E-state index contributed by atoms with van der Waals surface area (Å²) in [4.78, 5) is 0. The second-order valence-electron chi connectivity index (χ2n) is 5.63. The molecule has 0 aromatic heterocycles. The fourth-order valence-corrected chi connectivity index (χ4v) is 2.62. The fraction of sp³-hybridized carbons (Fsp3) is 0.600. The fourth-order valence-electron chi connectivity index (χ4n) is 2.62. The van der Waals surface area contributed by atoms with E-state index in [4.69, 9.17) is 18.9 Å². The second-order valence-corrected chi connectivity index (χ2v) is 5.63. The molecule has 0 saturated carbocycles. The molecule has 2 aliphatic heterocycles. The highest BCUT2D eigenvalue weighted by molar-refractivity contribution is 5.13. The number of fused-ring (bicyclic) bond motifs is 1. The van der Waals surface area contributed by atoms with Gasteiger partial charge < -0.3 is 24.1 Å². The van der Waals surface area contributed by atoms with Gasteiger partial charge in [0, 0.05) is 0 Å². The number of aliphatic hydroxyl groups excluding tert-OH is 1. The Kier molecular flexibility index (Phi) is 3.79. The van der Waals surface area contributed by atoms with E-state index in [1.54, 1.807) is 0 Å². The molecule has 2 saturated heterocycles. The summed E-state index contributed by atoms with van der Waals surface area (Å²) in [7, 11) is 0. The lowest BCUT2D eigenvalue weighted by Gasteiger charge is -2.34. The van der Waals surface area contributed by atoms with E-state index < -0.39 is 24.3 Å². The first-order valence-electron chi connectivity index (χ1n) is 6.86. The third kappa shape index (κ3) is 2.87. The molecule has 0 aliphatic carbocycles. The van der Waals surface area contributed by atoms with Crippen LogP contribution in [0.1, 0.15) is 19.4 Å². The predicted molar refractivity (Wildman–Crippen MR) is 70.8 cm³/mol. The van der Waals surface area contributed by atoms with E-state index >= 15 is 0 Å². The number of hydrogen-bond donors (Lipinski definition) is 1. The standard InChI is InChI=1S/C15H20O5/c1-15(2)19-11-9-18-14(12(16)13(11)20-15)17-8-10-6-4-3-5-7-10/h3-7,11-14,16H,8-9H2,1-2H3/t11-,12-,13-,14-/m0/s1. The molecule has 0 spiro atoms. The van der Waals surface area contributed by atoms with E-state index in [2.05, 4.69) is 0 Å². The van der Waals surface area contributed by atoms with Crippen LogP contribution >= 0.6 is 0 Å². The lowest BCUT2D eigenvalue weighted by atomic mass is 10.1. The number of rotatable bonds is 3. The first kappa shape index (κ1) is 14.0. The highest BCUT2D eigenvalue weighted by atomic mass is 16.8. The maximum Gasteiger partial charge on any atom is 0.186 e. The van der Waals surface area contributed by atoms with Crippen molar-refractivity contribution in [3.63, 3.8) is 0 Å². The molecule has 5 heteroatoms. The van der Waals surface area contributed by atoms with Gasteiger partial charge in [-0.05, 0) is 19.4 Å². The van der Waals surface area contributed by atoms with Gasteiger partial charge in [0.25, 0.3) is 0 Å². The van der Waals surface area contributed by atoms with E-state index in [-0.39, 0.29) is 6.10 Å². The summed E-state index contributed by atoms with van der Waals surface area (Å²) in [6.45, 7) is 4.42. The number of aliphatic hydroxyl groups is 1. The first-order chi connectivity index (χ1) is 9.55. The molecule has 0 unspecified atom stereocenters. The van der Waals surface area contributed by atoms with Crippen LogP contribution in [-0.2, 0) is 25.6 Å². The Bertz CT molecular complexity index is 447. The molecule has 0 amide bonds.